The van der Waals surface area contributed by atoms with Gasteiger partial charge in [0.2, 0.25) is 0 Å². The van der Waals surface area contributed by atoms with Crippen LogP contribution in [0.1, 0.15) is 37.6 Å². The summed E-state index contributed by atoms with van der Waals surface area (Å²) in [6, 6.07) is 1.18. The largest absolute Gasteiger partial charge is 0.417 e. The van der Waals surface area contributed by atoms with Gasteiger partial charge in [0.15, 0.2) is 0 Å². The van der Waals surface area contributed by atoms with Gasteiger partial charge in [0.05, 0.1) is 5.56 Å². The maximum Gasteiger partial charge on any atom is 0.417 e. The van der Waals surface area contributed by atoms with Crippen LogP contribution in [0.4, 0.5) is 13.2 Å². The van der Waals surface area contributed by atoms with Gasteiger partial charge in [-0.15, -0.1) is 0 Å². The molecule has 0 aromatic carbocycles. The highest BCUT2D eigenvalue weighted by molar-refractivity contribution is 5.31. The number of alkyl halides is 3. The van der Waals surface area contributed by atoms with E-state index >= 15 is 0 Å². The summed E-state index contributed by atoms with van der Waals surface area (Å²) in [4.78, 5) is 3.79. The van der Waals surface area contributed by atoms with E-state index in [2.05, 4.69) is 4.98 Å². The van der Waals surface area contributed by atoms with Crippen molar-refractivity contribution in [1.82, 2.24) is 4.98 Å². The van der Waals surface area contributed by atoms with E-state index in [0.717, 1.165) is 6.20 Å². The summed E-state index contributed by atoms with van der Waals surface area (Å²) < 4.78 is 37.3. The molecule has 0 atom stereocenters. The van der Waals surface area contributed by atoms with Gasteiger partial charge in [-0.25, -0.2) is 0 Å². The molecule has 0 bridgehead atoms. The van der Waals surface area contributed by atoms with Gasteiger partial charge in [0.1, 0.15) is 0 Å². The Morgan fingerprint density at radius 2 is 1.67 bits per heavy atom. The predicted molar refractivity (Wildman–Crippen MR) is 52.7 cm³/mol. The van der Waals surface area contributed by atoms with Crippen molar-refractivity contribution in [2.45, 2.75) is 39.3 Å². The molecule has 0 aliphatic carbocycles. The fraction of sp³-hybridized carbons (Fsp3) is 0.545. The van der Waals surface area contributed by atoms with E-state index in [9.17, 15) is 13.2 Å². The number of hydrogen-bond acceptors (Lipinski definition) is 1. The first kappa shape index (κ1) is 12.0. The van der Waals surface area contributed by atoms with E-state index in [1.807, 2.05) is 20.8 Å². The second-order valence-corrected chi connectivity index (χ2v) is 4.60. The van der Waals surface area contributed by atoms with Gasteiger partial charge in [-0.2, -0.15) is 13.2 Å². The lowest BCUT2D eigenvalue weighted by atomic mass is 9.85. The van der Waals surface area contributed by atoms with E-state index in [4.69, 9.17) is 0 Å². The SMILES string of the molecule is Cc1ncc(C(F)(F)F)cc1C(C)(C)C. The quantitative estimate of drug-likeness (QED) is 0.645. The molecule has 1 aromatic heterocycles. The first-order valence-corrected chi connectivity index (χ1v) is 4.66. The van der Waals surface area contributed by atoms with E-state index < -0.39 is 11.7 Å². The Kier molecular flexibility index (Phi) is 2.81. The van der Waals surface area contributed by atoms with Crippen LogP contribution in [0.3, 0.4) is 0 Å². The van der Waals surface area contributed by atoms with Gasteiger partial charge in [0, 0.05) is 11.9 Å². The summed E-state index contributed by atoms with van der Waals surface area (Å²) >= 11 is 0. The molecule has 1 aromatic rings. The molecular formula is C11H14F3N. The van der Waals surface area contributed by atoms with E-state index in [-0.39, 0.29) is 5.41 Å². The van der Waals surface area contributed by atoms with Gasteiger partial charge in [-0.05, 0) is 24.0 Å². The molecule has 1 heterocycles. The van der Waals surface area contributed by atoms with Crippen molar-refractivity contribution >= 4 is 0 Å². The Hall–Kier alpha value is -1.06. The number of aryl methyl sites for hydroxylation is 1. The van der Waals surface area contributed by atoms with Crippen molar-refractivity contribution in [3.05, 3.63) is 29.1 Å². The van der Waals surface area contributed by atoms with Crippen LogP contribution in [0.5, 0.6) is 0 Å². The van der Waals surface area contributed by atoms with Gasteiger partial charge >= 0.3 is 6.18 Å². The zero-order valence-corrected chi connectivity index (χ0v) is 9.24. The molecule has 0 amide bonds. The maximum atomic E-state index is 12.4. The van der Waals surface area contributed by atoms with Gasteiger partial charge in [0.25, 0.3) is 0 Å². The molecule has 0 saturated heterocycles. The van der Waals surface area contributed by atoms with Crippen LogP contribution in [-0.2, 0) is 11.6 Å². The Morgan fingerprint density at radius 3 is 2.07 bits per heavy atom. The second kappa shape index (κ2) is 3.51. The fourth-order valence-corrected chi connectivity index (χ4v) is 1.45. The third-order valence-corrected chi connectivity index (χ3v) is 2.22. The smallest absolute Gasteiger partial charge is 0.261 e. The third-order valence-electron chi connectivity index (χ3n) is 2.22. The minimum atomic E-state index is -4.32. The monoisotopic (exact) mass is 217 g/mol. The first-order valence-electron chi connectivity index (χ1n) is 4.66. The Labute approximate surface area is 87.3 Å². The van der Waals surface area contributed by atoms with Gasteiger partial charge < -0.3 is 0 Å². The maximum absolute atomic E-state index is 12.4. The standard InChI is InChI=1S/C11H14F3N/c1-7-9(10(2,3)4)5-8(6-15-7)11(12,13)14/h5-6H,1-4H3. The highest BCUT2D eigenvalue weighted by Crippen LogP contribution is 2.33. The summed E-state index contributed by atoms with van der Waals surface area (Å²) in [5.74, 6) is 0. The average Bonchev–Trinajstić information content (AvgIpc) is 2.00. The zero-order chi connectivity index (χ0) is 11.9. The molecular weight excluding hydrogens is 203 g/mol. The summed E-state index contributed by atoms with van der Waals surface area (Å²) in [7, 11) is 0. The first-order chi connectivity index (χ1) is 6.62. The summed E-state index contributed by atoms with van der Waals surface area (Å²) in [6.45, 7) is 7.34. The second-order valence-electron chi connectivity index (χ2n) is 4.60. The number of halogens is 3. The van der Waals surface area contributed by atoms with Crippen molar-refractivity contribution in [2.24, 2.45) is 0 Å². The molecule has 0 aliphatic rings. The predicted octanol–water partition coefficient (Wildman–Crippen LogP) is 3.71. The molecule has 0 fully saturated rings. The van der Waals surface area contributed by atoms with E-state index in [1.165, 1.54) is 6.07 Å². The number of pyridine rings is 1. The summed E-state index contributed by atoms with van der Waals surface area (Å²) in [5.41, 5.74) is 0.282. The molecule has 15 heavy (non-hydrogen) atoms. The lowest BCUT2D eigenvalue weighted by Gasteiger charge is -2.22. The number of aromatic nitrogens is 1. The molecule has 1 nitrogen and oxygen atoms in total. The van der Waals surface area contributed by atoms with Crippen LogP contribution < -0.4 is 0 Å². The van der Waals surface area contributed by atoms with Crippen LogP contribution in [0.15, 0.2) is 12.3 Å². The number of rotatable bonds is 0. The molecule has 4 heteroatoms. The Bertz CT molecular complexity index is 361. The van der Waals surface area contributed by atoms with Crippen LogP contribution in [0, 0.1) is 6.92 Å². The van der Waals surface area contributed by atoms with Crippen molar-refractivity contribution in [2.75, 3.05) is 0 Å². The van der Waals surface area contributed by atoms with Crippen LogP contribution >= 0.6 is 0 Å². The third kappa shape index (κ3) is 2.70. The molecule has 0 radical (unpaired) electrons. The minimum absolute atomic E-state index is 0.321. The highest BCUT2D eigenvalue weighted by atomic mass is 19.4. The minimum Gasteiger partial charge on any atom is -0.261 e. The van der Waals surface area contributed by atoms with Gasteiger partial charge in [-0.1, -0.05) is 20.8 Å². The molecule has 0 spiro atoms. The summed E-state index contributed by atoms with van der Waals surface area (Å²) in [6.07, 6.45) is -3.44. The molecule has 0 saturated carbocycles. The van der Waals surface area contributed by atoms with Crippen LogP contribution in [0.2, 0.25) is 0 Å². The topological polar surface area (TPSA) is 12.9 Å². The molecule has 84 valence electrons. The fourth-order valence-electron chi connectivity index (χ4n) is 1.45. The number of hydrogen-bond donors (Lipinski definition) is 0. The van der Waals surface area contributed by atoms with Crippen molar-refractivity contribution in [3.8, 4) is 0 Å². The summed E-state index contributed by atoms with van der Waals surface area (Å²) in [5, 5.41) is 0. The average molecular weight is 217 g/mol. The van der Waals surface area contributed by atoms with Crippen LogP contribution in [0.25, 0.3) is 0 Å². The molecule has 0 unspecified atom stereocenters. The van der Waals surface area contributed by atoms with E-state index in [0.29, 0.717) is 11.3 Å². The highest BCUT2D eigenvalue weighted by Gasteiger charge is 2.32. The van der Waals surface area contributed by atoms with E-state index in [1.54, 1.807) is 6.92 Å². The molecule has 1 rings (SSSR count). The van der Waals surface area contributed by atoms with Gasteiger partial charge in [-0.3, -0.25) is 4.98 Å². The van der Waals surface area contributed by atoms with Crippen molar-refractivity contribution < 1.29 is 13.2 Å². The normalized spacial score (nSPS) is 13.0. The van der Waals surface area contributed by atoms with Crippen molar-refractivity contribution in [1.29, 1.82) is 0 Å². The lowest BCUT2D eigenvalue weighted by molar-refractivity contribution is -0.137. The number of nitrogens with zero attached hydrogens (tertiary/aromatic N) is 1. The lowest BCUT2D eigenvalue weighted by Crippen LogP contribution is -2.16. The molecule has 0 aliphatic heterocycles. The zero-order valence-electron chi connectivity index (χ0n) is 9.24. The van der Waals surface area contributed by atoms with Crippen LogP contribution in [-0.4, -0.2) is 4.98 Å². The van der Waals surface area contributed by atoms with Crippen molar-refractivity contribution in [3.63, 3.8) is 0 Å². The molecule has 0 N–H and O–H groups in total. The Balaban J connectivity index is 3.30. The Morgan fingerprint density at radius 1 is 1.13 bits per heavy atom.